The average molecular weight is 373 g/mol. The molecule has 2 amide bonds. The average Bonchev–Trinajstić information content (AvgIpc) is 3.23. The van der Waals surface area contributed by atoms with Gasteiger partial charge in [-0.25, -0.2) is 9.88 Å². The Morgan fingerprint density at radius 2 is 1.64 bits per heavy atom. The molecule has 0 saturated carbocycles. The zero-order chi connectivity index (χ0) is 19.3. The largest absolute Gasteiger partial charge is 0.387 e. The molecule has 0 spiro atoms. The van der Waals surface area contributed by atoms with E-state index in [2.05, 4.69) is 4.98 Å². The highest BCUT2D eigenvalue weighted by molar-refractivity contribution is 6.24. The summed E-state index contributed by atoms with van der Waals surface area (Å²) < 4.78 is 1.89. The summed E-state index contributed by atoms with van der Waals surface area (Å²) in [5, 5.41) is 10.6. The summed E-state index contributed by atoms with van der Waals surface area (Å²) in [5.41, 5.74) is 2.80. The van der Waals surface area contributed by atoms with Crippen LogP contribution < -0.4 is 4.90 Å². The molecule has 5 rings (SSSR count). The molecular formula is C22H19N3O3. The summed E-state index contributed by atoms with van der Waals surface area (Å²) >= 11 is 0. The Hall–Kier alpha value is -3.25. The molecule has 3 aromatic rings. The third-order valence-electron chi connectivity index (χ3n) is 5.63. The first-order valence-corrected chi connectivity index (χ1v) is 9.35. The topological polar surface area (TPSA) is 75.4 Å². The lowest BCUT2D eigenvalue weighted by Crippen LogP contribution is -2.30. The minimum absolute atomic E-state index is 0.216. The predicted molar refractivity (Wildman–Crippen MR) is 103 cm³/mol. The molecule has 2 aromatic carbocycles. The first-order chi connectivity index (χ1) is 13.6. The second-order valence-electron chi connectivity index (χ2n) is 7.31. The highest BCUT2D eigenvalue weighted by atomic mass is 16.3. The summed E-state index contributed by atoms with van der Waals surface area (Å²) in [4.78, 5) is 32.0. The van der Waals surface area contributed by atoms with Crippen LogP contribution in [0.4, 0.5) is 5.69 Å². The number of carbonyl (C=O) groups is 2. The molecule has 3 atom stereocenters. The maximum Gasteiger partial charge on any atom is 0.243 e. The number of aromatic nitrogens is 2. The van der Waals surface area contributed by atoms with Crippen molar-refractivity contribution in [2.75, 3.05) is 4.90 Å². The highest BCUT2D eigenvalue weighted by Crippen LogP contribution is 2.47. The van der Waals surface area contributed by atoms with Crippen LogP contribution >= 0.6 is 0 Å². The Kier molecular flexibility index (Phi) is 3.87. The zero-order valence-electron chi connectivity index (χ0n) is 15.1. The first-order valence-electron chi connectivity index (χ1n) is 9.35. The van der Waals surface area contributed by atoms with Crippen LogP contribution in [-0.4, -0.2) is 26.5 Å². The van der Waals surface area contributed by atoms with Gasteiger partial charge in [0.15, 0.2) is 0 Å². The number of anilines is 1. The minimum atomic E-state index is -0.847. The van der Waals surface area contributed by atoms with Gasteiger partial charge in [0.1, 0.15) is 0 Å². The van der Waals surface area contributed by atoms with Crippen LogP contribution in [0, 0.1) is 5.92 Å². The maximum atomic E-state index is 13.3. The Bertz CT molecular complexity index is 1050. The Balaban J connectivity index is 1.58. The molecule has 1 aromatic heterocycles. The smallest absolute Gasteiger partial charge is 0.243 e. The van der Waals surface area contributed by atoms with Crippen molar-refractivity contribution in [1.82, 2.24) is 9.55 Å². The maximum absolute atomic E-state index is 13.3. The number of imide groups is 1. The number of aliphatic hydroxyl groups excluding tert-OH is 1. The number of carbonyl (C=O) groups excluding carboxylic acids is 2. The number of hydrogen-bond donors (Lipinski definition) is 1. The standard InChI is InChI=1S/C22H19N3O3/c26-17-11-16-18(22(28)25(21(16)27)15-9-5-2-6-10-15)20-19(17)23-13-24(20)12-14-7-3-1-4-8-14/h1-10,13,16-18,26H,11-12H2/t16?,17-,18?/m0/s1. The van der Waals surface area contributed by atoms with E-state index in [-0.39, 0.29) is 18.2 Å². The first kappa shape index (κ1) is 16.9. The second kappa shape index (κ2) is 6.42. The van der Waals surface area contributed by atoms with Gasteiger partial charge in [-0.15, -0.1) is 0 Å². The summed E-state index contributed by atoms with van der Waals surface area (Å²) in [7, 11) is 0. The van der Waals surface area contributed by atoms with Crippen LogP contribution in [0.25, 0.3) is 0 Å². The van der Waals surface area contributed by atoms with Crippen molar-refractivity contribution in [3.05, 3.63) is 83.9 Å². The lowest BCUT2D eigenvalue weighted by molar-refractivity contribution is -0.122. The third kappa shape index (κ3) is 2.49. The van der Waals surface area contributed by atoms with E-state index in [1.807, 2.05) is 41.0 Å². The number of hydrogen-bond acceptors (Lipinski definition) is 4. The number of para-hydroxylation sites is 1. The van der Waals surface area contributed by atoms with Gasteiger partial charge in [0.2, 0.25) is 11.8 Å². The number of benzene rings is 2. The van der Waals surface area contributed by atoms with Crippen LogP contribution in [0.2, 0.25) is 0 Å². The van der Waals surface area contributed by atoms with E-state index in [1.54, 1.807) is 30.6 Å². The van der Waals surface area contributed by atoms with Crippen LogP contribution in [0.3, 0.4) is 0 Å². The SMILES string of the molecule is O=C1C2C[C@H](O)c3ncn(Cc4ccccc4)c3C2C(=O)N1c1ccccc1. The molecule has 6 nitrogen and oxygen atoms in total. The molecule has 1 fully saturated rings. The molecule has 140 valence electrons. The molecule has 2 unspecified atom stereocenters. The summed E-state index contributed by atoms with van der Waals surface area (Å²) in [6.45, 7) is 0.534. The van der Waals surface area contributed by atoms with Crippen molar-refractivity contribution in [1.29, 1.82) is 0 Å². The number of nitrogens with zero attached hydrogens (tertiary/aromatic N) is 3. The quantitative estimate of drug-likeness (QED) is 0.716. The molecule has 1 saturated heterocycles. The summed E-state index contributed by atoms with van der Waals surface area (Å²) in [6, 6.07) is 18.8. The van der Waals surface area contributed by atoms with Gasteiger partial charge < -0.3 is 9.67 Å². The van der Waals surface area contributed by atoms with Crippen LogP contribution in [0.1, 0.15) is 35.4 Å². The van der Waals surface area contributed by atoms with Crippen molar-refractivity contribution in [3.8, 4) is 0 Å². The van der Waals surface area contributed by atoms with Gasteiger partial charge in [0.25, 0.3) is 0 Å². The number of fused-ring (bicyclic) bond motifs is 3. The Labute approximate surface area is 162 Å². The van der Waals surface area contributed by atoms with Crippen molar-refractivity contribution < 1.29 is 14.7 Å². The lowest BCUT2D eigenvalue weighted by Gasteiger charge is -2.26. The van der Waals surface area contributed by atoms with Gasteiger partial charge in [0.05, 0.1) is 41.3 Å². The van der Waals surface area contributed by atoms with E-state index in [0.29, 0.717) is 23.6 Å². The second-order valence-corrected chi connectivity index (χ2v) is 7.31. The van der Waals surface area contributed by atoms with Crippen LogP contribution in [-0.2, 0) is 16.1 Å². The third-order valence-corrected chi connectivity index (χ3v) is 5.63. The normalized spacial score (nSPS) is 23.6. The molecule has 2 aliphatic rings. The molecule has 0 radical (unpaired) electrons. The molecular weight excluding hydrogens is 354 g/mol. The van der Waals surface area contributed by atoms with E-state index in [0.717, 1.165) is 5.56 Å². The fraction of sp³-hybridized carbons (Fsp3) is 0.227. The number of imidazole rings is 1. The number of aliphatic hydroxyl groups is 1. The fourth-order valence-electron chi connectivity index (χ4n) is 4.36. The molecule has 0 bridgehead atoms. The van der Waals surface area contributed by atoms with Crippen LogP contribution in [0.15, 0.2) is 67.0 Å². The van der Waals surface area contributed by atoms with E-state index in [4.69, 9.17) is 0 Å². The van der Waals surface area contributed by atoms with Crippen molar-refractivity contribution >= 4 is 17.5 Å². The molecule has 6 heteroatoms. The van der Waals surface area contributed by atoms with Gasteiger partial charge >= 0.3 is 0 Å². The lowest BCUT2D eigenvalue weighted by atomic mass is 9.80. The van der Waals surface area contributed by atoms with Gasteiger partial charge in [0, 0.05) is 6.54 Å². The van der Waals surface area contributed by atoms with Gasteiger partial charge in [-0.2, -0.15) is 0 Å². The fourth-order valence-corrected chi connectivity index (χ4v) is 4.36. The van der Waals surface area contributed by atoms with Crippen LogP contribution in [0.5, 0.6) is 0 Å². The number of amides is 2. The molecule has 1 aliphatic heterocycles. The van der Waals surface area contributed by atoms with Gasteiger partial charge in [-0.05, 0) is 24.1 Å². The van der Waals surface area contributed by atoms with Crippen molar-refractivity contribution in [3.63, 3.8) is 0 Å². The zero-order valence-corrected chi connectivity index (χ0v) is 15.1. The summed E-state index contributed by atoms with van der Waals surface area (Å²) in [5.74, 6) is -1.68. The highest BCUT2D eigenvalue weighted by Gasteiger charge is 2.54. The van der Waals surface area contributed by atoms with E-state index < -0.39 is 17.9 Å². The molecule has 1 aliphatic carbocycles. The minimum Gasteiger partial charge on any atom is -0.387 e. The van der Waals surface area contributed by atoms with Crippen molar-refractivity contribution in [2.24, 2.45) is 5.92 Å². The van der Waals surface area contributed by atoms with E-state index >= 15 is 0 Å². The van der Waals surface area contributed by atoms with Gasteiger partial charge in [-0.3, -0.25) is 9.59 Å². The molecule has 28 heavy (non-hydrogen) atoms. The summed E-state index contributed by atoms with van der Waals surface area (Å²) in [6.07, 6.45) is 1.03. The monoisotopic (exact) mass is 373 g/mol. The van der Waals surface area contributed by atoms with E-state index in [1.165, 1.54) is 4.90 Å². The van der Waals surface area contributed by atoms with E-state index in [9.17, 15) is 14.7 Å². The number of rotatable bonds is 3. The Morgan fingerprint density at radius 3 is 2.36 bits per heavy atom. The molecule has 1 N–H and O–H groups in total. The molecule has 2 heterocycles. The van der Waals surface area contributed by atoms with Gasteiger partial charge in [-0.1, -0.05) is 48.5 Å². The predicted octanol–water partition coefficient (Wildman–Crippen LogP) is 2.64. The van der Waals surface area contributed by atoms with Crippen molar-refractivity contribution in [2.45, 2.75) is 25.0 Å². The Morgan fingerprint density at radius 1 is 0.964 bits per heavy atom.